The fourth-order valence-corrected chi connectivity index (χ4v) is 3.00. The van der Waals surface area contributed by atoms with Crippen molar-refractivity contribution in [2.24, 2.45) is 0 Å². The van der Waals surface area contributed by atoms with Crippen LogP contribution in [0.3, 0.4) is 0 Å². The molecule has 120 valence electrons. The van der Waals surface area contributed by atoms with E-state index in [1.54, 1.807) is 7.11 Å². The normalized spacial score (nSPS) is 16.8. The molecule has 0 bridgehead atoms. The number of ether oxygens (including phenoxy) is 2. The molecule has 0 saturated carbocycles. The Morgan fingerprint density at radius 3 is 2.77 bits per heavy atom. The molecule has 0 aromatic heterocycles. The molecular formula is C15H19NO5S. The van der Waals surface area contributed by atoms with Crippen LogP contribution in [-0.4, -0.2) is 48.6 Å². The Balaban J connectivity index is 1.92. The molecule has 2 rings (SSSR count). The number of rotatable bonds is 6. The zero-order valence-corrected chi connectivity index (χ0v) is 13.1. The predicted octanol–water partition coefficient (Wildman–Crippen LogP) is 1.54. The monoisotopic (exact) mass is 325 g/mol. The molecule has 0 aliphatic carbocycles. The van der Waals surface area contributed by atoms with Crippen molar-refractivity contribution in [2.75, 3.05) is 26.1 Å². The number of benzene rings is 1. The third kappa shape index (κ3) is 4.14. The van der Waals surface area contributed by atoms with Gasteiger partial charge in [0.25, 0.3) is 0 Å². The molecule has 22 heavy (non-hydrogen) atoms. The Hall–Kier alpha value is -1.73. The molecule has 1 saturated heterocycles. The molecule has 6 nitrogen and oxygen atoms in total. The van der Waals surface area contributed by atoms with Crippen molar-refractivity contribution in [1.82, 2.24) is 5.32 Å². The number of thioether (sulfide) groups is 1. The lowest BCUT2D eigenvalue weighted by molar-refractivity contribution is -0.151. The van der Waals surface area contributed by atoms with E-state index in [1.165, 1.54) is 11.8 Å². The second kappa shape index (κ2) is 7.51. The zero-order valence-electron chi connectivity index (χ0n) is 12.3. The smallest absolute Gasteiger partial charge is 0.329 e. The lowest BCUT2D eigenvalue weighted by Crippen LogP contribution is -2.57. The first kappa shape index (κ1) is 16.6. The molecule has 1 aromatic rings. The maximum Gasteiger partial charge on any atom is 0.329 e. The lowest BCUT2D eigenvalue weighted by Gasteiger charge is -2.33. The number of carbonyl (C=O) groups is 2. The van der Waals surface area contributed by atoms with Gasteiger partial charge < -0.3 is 19.9 Å². The fourth-order valence-electron chi connectivity index (χ4n) is 2.26. The molecule has 1 heterocycles. The van der Waals surface area contributed by atoms with E-state index in [4.69, 9.17) is 9.47 Å². The molecule has 0 radical (unpaired) electrons. The van der Waals surface area contributed by atoms with Crippen LogP contribution in [0.4, 0.5) is 0 Å². The highest BCUT2D eigenvalue weighted by atomic mass is 32.2. The molecule has 2 N–H and O–H groups in total. The van der Waals surface area contributed by atoms with Gasteiger partial charge in [0.2, 0.25) is 5.91 Å². The second-order valence-electron chi connectivity index (χ2n) is 5.02. The summed E-state index contributed by atoms with van der Waals surface area (Å²) in [4.78, 5) is 24.5. The Bertz CT molecular complexity index is 542. The van der Waals surface area contributed by atoms with Gasteiger partial charge in [-0.05, 0) is 18.2 Å². The summed E-state index contributed by atoms with van der Waals surface area (Å²) in [6.07, 6.45) is 0.579. The molecule has 1 aliphatic heterocycles. The first-order valence-corrected chi connectivity index (χ1v) is 7.93. The summed E-state index contributed by atoms with van der Waals surface area (Å²) in [5.74, 6) is -0.423. The minimum Gasteiger partial charge on any atom is -0.497 e. The molecular weight excluding hydrogens is 306 g/mol. The molecule has 0 spiro atoms. The highest BCUT2D eigenvalue weighted by Gasteiger charge is 2.41. The van der Waals surface area contributed by atoms with Crippen molar-refractivity contribution in [3.8, 4) is 5.75 Å². The van der Waals surface area contributed by atoms with Crippen molar-refractivity contribution < 1.29 is 24.2 Å². The maximum absolute atomic E-state index is 12.1. The molecule has 1 amide bonds. The van der Waals surface area contributed by atoms with Gasteiger partial charge >= 0.3 is 5.97 Å². The summed E-state index contributed by atoms with van der Waals surface area (Å²) in [5.41, 5.74) is -1.20. The largest absolute Gasteiger partial charge is 0.497 e. The number of nitrogens with one attached hydrogen (secondary N) is 1. The first-order valence-electron chi connectivity index (χ1n) is 6.95. The van der Waals surface area contributed by atoms with Crippen LogP contribution in [0.5, 0.6) is 5.75 Å². The van der Waals surface area contributed by atoms with Crippen molar-refractivity contribution in [3.63, 3.8) is 0 Å². The average molecular weight is 325 g/mol. The highest BCUT2D eigenvalue weighted by Crippen LogP contribution is 2.24. The number of hydrogen-bond acceptors (Lipinski definition) is 5. The third-order valence-electron chi connectivity index (χ3n) is 3.55. The third-order valence-corrected chi connectivity index (χ3v) is 4.54. The summed E-state index contributed by atoms with van der Waals surface area (Å²) in [5, 5.41) is 12.1. The molecule has 1 aromatic carbocycles. The number of hydrogen-bond donors (Lipinski definition) is 2. The Morgan fingerprint density at radius 2 is 2.14 bits per heavy atom. The molecule has 7 heteroatoms. The van der Waals surface area contributed by atoms with E-state index in [2.05, 4.69) is 5.32 Å². The van der Waals surface area contributed by atoms with E-state index >= 15 is 0 Å². The molecule has 1 fully saturated rings. The van der Waals surface area contributed by atoms with Crippen LogP contribution >= 0.6 is 11.8 Å². The lowest BCUT2D eigenvalue weighted by atomic mass is 9.90. The number of carboxylic acids is 1. The van der Waals surface area contributed by atoms with Crippen LogP contribution in [0.25, 0.3) is 0 Å². The Labute approximate surface area is 133 Å². The van der Waals surface area contributed by atoms with Gasteiger partial charge in [0.15, 0.2) is 0 Å². The maximum atomic E-state index is 12.1. The average Bonchev–Trinajstić information content (AvgIpc) is 2.54. The number of carboxylic acid groups (broad SMARTS) is 1. The number of aliphatic carboxylic acids is 1. The van der Waals surface area contributed by atoms with Crippen LogP contribution in [0.2, 0.25) is 0 Å². The summed E-state index contributed by atoms with van der Waals surface area (Å²) >= 11 is 1.34. The van der Waals surface area contributed by atoms with Crippen molar-refractivity contribution in [2.45, 2.75) is 23.3 Å². The summed E-state index contributed by atoms with van der Waals surface area (Å²) in [6.45, 7) is 0.686. The summed E-state index contributed by atoms with van der Waals surface area (Å²) in [6, 6.07) is 7.38. The van der Waals surface area contributed by atoms with E-state index in [0.717, 1.165) is 10.6 Å². The van der Waals surface area contributed by atoms with Crippen molar-refractivity contribution in [3.05, 3.63) is 24.3 Å². The van der Waals surface area contributed by atoms with E-state index in [0.29, 0.717) is 13.2 Å². The first-order chi connectivity index (χ1) is 10.6. The number of carbonyl (C=O) groups excluding carboxylic acids is 1. The topological polar surface area (TPSA) is 84.9 Å². The van der Waals surface area contributed by atoms with Gasteiger partial charge in [-0.25, -0.2) is 4.79 Å². The van der Waals surface area contributed by atoms with Gasteiger partial charge in [-0.3, -0.25) is 4.79 Å². The van der Waals surface area contributed by atoms with Crippen molar-refractivity contribution in [1.29, 1.82) is 0 Å². The van der Waals surface area contributed by atoms with Crippen LogP contribution in [0, 0.1) is 0 Å². The number of methoxy groups -OCH3 is 1. The predicted molar refractivity (Wildman–Crippen MR) is 82.3 cm³/mol. The van der Waals surface area contributed by atoms with E-state index < -0.39 is 11.5 Å². The van der Waals surface area contributed by atoms with Gasteiger partial charge in [0.1, 0.15) is 11.3 Å². The van der Waals surface area contributed by atoms with Gasteiger partial charge in [-0.1, -0.05) is 6.07 Å². The van der Waals surface area contributed by atoms with Crippen LogP contribution in [0.1, 0.15) is 12.8 Å². The minimum atomic E-state index is -1.20. The van der Waals surface area contributed by atoms with Crippen LogP contribution in [0.15, 0.2) is 29.2 Å². The quantitative estimate of drug-likeness (QED) is 0.772. The summed E-state index contributed by atoms with van der Waals surface area (Å²) < 4.78 is 10.3. The van der Waals surface area contributed by atoms with Crippen LogP contribution < -0.4 is 10.1 Å². The Kier molecular flexibility index (Phi) is 5.68. The van der Waals surface area contributed by atoms with Gasteiger partial charge in [0.05, 0.1) is 12.9 Å². The Morgan fingerprint density at radius 1 is 1.41 bits per heavy atom. The second-order valence-corrected chi connectivity index (χ2v) is 6.06. The standard InChI is InChI=1S/C15H19NO5S/c1-20-11-3-2-4-12(9-11)22-10-13(17)16-15(14(18)19)5-7-21-8-6-15/h2-4,9H,5-8,10H2,1H3,(H,16,17)(H,18,19). The number of amides is 1. The van der Waals surface area contributed by atoms with Gasteiger partial charge in [-0.15, -0.1) is 11.8 Å². The molecule has 0 unspecified atom stereocenters. The molecule has 1 aliphatic rings. The molecule has 0 atom stereocenters. The van der Waals surface area contributed by atoms with E-state index in [-0.39, 0.29) is 24.5 Å². The summed E-state index contributed by atoms with van der Waals surface area (Å²) in [7, 11) is 1.58. The van der Waals surface area contributed by atoms with Crippen LogP contribution in [-0.2, 0) is 14.3 Å². The van der Waals surface area contributed by atoms with Gasteiger partial charge in [0, 0.05) is 31.0 Å². The van der Waals surface area contributed by atoms with E-state index in [9.17, 15) is 14.7 Å². The minimum absolute atomic E-state index is 0.156. The van der Waals surface area contributed by atoms with E-state index in [1.807, 2.05) is 24.3 Å². The zero-order chi connectivity index (χ0) is 16.0. The van der Waals surface area contributed by atoms with Gasteiger partial charge in [-0.2, -0.15) is 0 Å². The van der Waals surface area contributed by atoms with Crippen molar-refractivity contribution >= 4 is 23.6 Å². The SMILES string of the molecule is COc1cccc(SCC(=O)NC2(C(=O)O)CCOCC2)c1. The fraction of sp³-hybridized carbons (Fsp3) is 0.467. The highest BCUT2D eigenvalue weighted by molar-refractivity contribution is 8.00.